The van der Waals surface area contributed by atoms with Crippen LogP contribution >= 0.6 is 0 Å². The fraction of sp³-hybridized carbons (Fsp3) is 0.130. The van der Waals surface area contributed by atoms with Crippen LogP contribution in [0.25, 0.3) is 10.8 Å². The molecule has 0 saturated carbocycles. The Labute approximate surface area is 167 Å². The van der Waals surface area contributed by atoms with Crippen molar-refractivity contribution in [3.63, 3.8) is 0 Å². The number of pyridine rings is 3. The Morgan fingerprint density at radius 2 is 1.76 bits per heavy atom. The molecule has 0 spiro atoms. The molecule has 144 valence electrons. The number of benzene rings is 1. The number of hydrogen-bond acceptors (Lipinski definition) is 4. The van der Waals surface area contributed by atoms with Crippen LogP contribution in [0, 0.1) is 0 Å². The van der Waals surface area contributed by atoms with Crippen LogP contribution in [-0.4, -0.2) is 32.3 Å². The van der Waals surface area contributed by atoms with Gasteiger partial charge in [0.05, 0.1) is 0 Å². The quantitative estimate of drug-likeness (QED) is 0.554. The number of aromatic amines is 1. The number of nitrogens with one attached hydrogen (secondary N) is 1. The molecule has 4 aromatic rings. The molecule has 6 heteroatoms. The standard InChI is InChI=1S/C23H20N4O2/c28-22-20-7-2-1-5-18(20)15-21(26-22)23(29)27(16-17-8-12-24-13-9-17)14-10-19-6-3-4-11-25-19/h1-9,11-13,15H,10,14,16H2,(H,26,28). The molecular formula is C23H20N4O2. The van der Waals surface area contributed by atoms with Crippen LogP contribution in [0.2, 0.25) is 0 Å². The maximum absolute atomic E-state index is 13.3. The van der Waals surface area contributed by atoms with E-state index < -0.39 is 0 Å². The van der Waals surface area contributed by atoms with Crippen molar-refractivity contribution >= 4 is 16.7 Å². The number of rotatable bonds is 6. The first-order valence-electron chi connectivity index (χ1n) is 9.41. The molecule has 0 unspecified atom stereocenters. The lowest BCUT2D eigenvalue weighted by molar-refractivity contribution is 0.0738. The largest absolute Gasteiger partial charge is 0.333 e. The first-order valence-corrected chi connectivity index (χ1v) is 9.41. The van der Waals surface area contributed by atoms with Gasteiger partial charge in [0.15, 0.2) is 0 Å². The van der Waals surface area contributed by atoms with E-state index in [1.807, 2.05) is 48.5 Å². The number of fused-ring (bicyclic) bond motifs is 1. The van der Waals surface area contributed by atoms with Crippen LogP contribution in [-0.2, 0) is 13.0 Å². The summed E-state index contributed by atoms with van der Waals surface area (Å²) in [5, 5.41) is 1.31. The highest BCUT2D eigenvalue weighted by molar-refractivity contribution is 5.96. The SMILES string of the molecule is O=C(c1cc2ccccc2c(=O)[nH]1)N(CCc1ccccn1)Cc1ccncc1. The highest BCUT2D eigenvalue weighted by Crippen LogP contribution is 2.14. The molecule has 0 aliphatic rings. The molecule has 1 aromatic carbocycles. The second kappa shape index (κ2) is 8.48. The first-order chi connectivity index (χ1) is 14.2. The van der Waals surface area contributed by atoms with Gasteiger partial charge < -0.3 is 9.88 Å². The van der Waals surface area contributed by atoms with E-state index in [0.717, 1.165) is 16.6 Å². The first kappa shape index (κ1) is 18.6. The van der Waals surface area contributed by atoms with Crippen molar-refractivity contribution in [2.45, 2.75) is 13.0 Å². The molecule has 0 aliphatic carbocycles. The second-order valence-corrected chi connectivity index (χ2v) is 6.75. The zero-order valence-electron chi connectivity index (χ0n) is 15.8. The molecule has 4 rings (SSSR count). The summed E-state index contributed by atoms with van der Waals surface area (Å²) in [5.41, 5.74) is 1.90. The van der Waals surface area contributed by atoms with E-state index in [9.17, 15) is 9.59 Å². The topological polar surface area (TPSA) is 79.0 Å². The normalized spacial score (nSPS) is 10.8. The molecule has 0 saturated heterocycles. The van der Waals surface area contributed by atoms with Crippen LogP contribution in [0.15, 0.2) is 84.0 Å². The van der Waals surface area contributed by atoms with E-state index in [1.165, 1.54) is 0 Å². The molecule has 0 aliphatic heterocycles. The molecule has 0 radical (unpaired) electrons. The molecule has 0 fully saturated rings. The smallest absolute Gasteiger partial charge is 0.270 e. The molecule has 3 aromatic heterocycles. The lowest BCUT2D eigenvalue weighted by Crippen LogP contribution is -2.34. The Bertz CT molecular complexity index is 1170. The van der Waals surface area contributed by atoms with E-state index in [4.69, 9.17) is 0 Å². The van der Waals surface area contributed by atoms with Crippen LogP contribution < -0.4 is 5.56 Å². The molecule has 6 nitrogen and oxygen atoms in total. The number of carbonyl (C=O) groups excluding carboxylic acids is 1. The zero-order chi connectivity index (χ0) is 20.1. The fourth-order valence-electron chi connectivity index (χ4n) is 3.25. The Kier molecular flexibility index (Phi) is 5.42. The molecule has 29 heavy (non-hydrogen) atoms. The maximum Gasteiger partial charge on any atom is 0.270 e. The third kappa shape index (κ3) is 4.38. The number of aromatic nitrogens is 3. The van der Waals surface area contributed by atoms with E-state index >= 15 is 0 Å². The highest BCUT2D eigenvalue weighted by atomic mass is 16.2. The lowest BCUT2D eigenvalue weighted by atomic mass is 10.1. The summed E-state index contributed by atoms with van der Waals surface area (Å²) in [7, 11) is 0. The molecular weight excluding hydrogens is 364 g/mol. The Morgan fingerprint density at radius 1 is 0.966 bits per heavy atom. The summed E-state index contributed by atoms with van der Waals surface area (Å²) in [6, 6.07) is 18.5. The summed E-state index contributed by atoms with van der Waals surface area (Å²) >= 11 is 0. The van der Waals surface area contributed by atoms with Crippen molar-refractivity contribution in [2.24, 2.45) is 0 Å². The molecule has 1 N–H and O–H groups in total. The van der Waals surface area contributed by atoms with Crippen LogP contribution in [0.4, 0.5) is 0 Å². The third-order valence-electron chi connectivity index (χ3n) is 4.76. The monoisotopic (exact) mass is 384 g/mol. The van der Waals surface area contributed by atoms with E-state index in [2.05, 4.69) is 15.0 Å². The van der Waals surface area contributed by atoms with Crippen LogP contribution in [0.3, 0.4) is 0 Å². The summed E-state index contributed by atoms with van der Waals surface area (Å²) in [6.07, 6.45) is 5.77. The summed E-state index contributed by atoms with van der Waals surface area (Å²) < 4.78 is 0. The van der Waals surface area contributed by atoms with E-state index in [-0.39, 0.29) is 17.2 Å². The van der Waals surface area contributed by atoms with Gasteiger partial charge in [-0.3, -0.25) is 19.6 Å². The third-order valence-corrected chi connectivity index (χ3v) is 4.76. The number of amides is 1. The average molecular weight is 384 g/mol. The van der Waals surface area contributed by atoms with Crippen molar-refractivity contribution in [2.75, 3.05) is 6.54 Å². The molecule has 0 atom stereocenters. The highest BCUT2D eigenvalue weighted by Gasteiger charge is 2.18. The van der Waals surface area contributed by atoms with Crippen molar-refractivity contribution in [1.29, 1.82) is 0 Å². The van der Waals surface area contributed by atoms with Gasteiger partial charge >= 0.3 is 0 Å². The van der Waals surface area contributed by atoms with Crippen molar-refractivity contribution in [3.8, 4) is 0 Å². The van der Waals surface area contributed by atoms with Gasteiger partial charge in [-0.2, -0.15) is 0 Å². The van der Waals surface area contributed by atoms with Gasteiger partial charge in [0.25, 0.3) is 11.5 Å². The van der Waals surface area contributed by atoms with E-state index in [0.29, 0.717) is 24.9 Å². The maximum atomic E-state index is 13.3. The van der Waals surface area contributed by atoms with Gasteiger partial charge in [0, 0.05) is 49.2 Å². The number of H-pyrrole nitrogens is 1. The minimum Gasteiger partial charge on any atom is -0.333 e. The average Bonchev–Trinajstić information content (AvgIpc) is 2.77. The van der Waals surface area contributed by atoms with E-state index in [1.54, 1.807) is 35.6 Å². The summed E-state index contributed by atoms with van der Waals surface area (Å²) in [4.78, 5) is 38.5. The van der Waals surface area contributed by atoms with Crippen molar-refractivity contribution < 1.29 is 4.79 Å². The van der Waals surface area contributed by atoms with Gasteiger partial charge in [-0.05, 0) is 47.3 Å². The fourth-order valence-corrected chi connectivity index (χ4v) is 3.25. The van der Waals surface area contributed by atoms with Gasteiger partial charge in [-0.25, -0.2) is 0 Å². The Hall–Kier alpha value is -3.80. The number of nitrogens with zero attached hydrogens (tertiary/aromatic N) is 3. The second-order valence-electron chi connectivity index (χ2n) is 6.75. The van der Waals surface area contributed by atoms with Gasteiger partial charge in [0.1, 0.15) is 5.69 Å². The van der Waals surface area contributed by atoms with Crippen LogP contribution in [0.1, 0.15) is 21.7 Å². The summed E-state index contributed by atoms with van der Waals surface area (Å²) in [5.74, 6) is -0.222. The van der Waals surface area contributed by atoms with Gasteiger partial charge in [-0.15, -0.1) is 0 Å². The van der Waals surface area contributed by atoms with Gasteiger partial charge in [-0.1, -0.05) is 24.3 Å². The Morgan fingerprint density at radius 3 is 2.55 bits per heavy atom. The molecule has 3 heterocycles. The minimum atomic E-state index is -0.264. The van der Waals surface area contributed by atoms with Crippen molar-refractivity contribution in [1.82, 2.24) is 19.9 Å². The minimum absolute atomic E-state index is 0.222. The lowest BCUT2D eigenvalue weighted by Gasteiger charge is -2.23. The summed E-state index contributed by atoms with van der Waals surface area (Å²) in [6.45, 7) is 0.899. The zero-order valence-corrected chi connectivity index (χ0v) is 15.8. The predicted molar refractivity (Wildman–Crippen MR) is 111 cm³/mol. The van der Waals surface area contributed by atoms with Gasteiger partial charge in [0.2, 0.25) is 0 Å². The number of carbonyl (C=O) groups is 1. The molecule has 1 amide bonds. The Balaban J connectivity index is 1.64. The van der Waals surface area contributed by atoms with Crippen molar-refractivity contribution in [3.05, 3.63) is 107 Å². The van der Waals surface area contributed by atoms with Crippen LogP contribution in [0.5, 0.6) is 0 Å². The predicted octanol–water partition coefficient (Wildman–Crippen LogP) is 3.20. The molecule has 0 bridgehead atoms. The number of hydrogen-bond donors (Lipinski definition) is 1.